The van der Waals surface area contributed by atoms with Crippen LogP contribution in [0, 0.1) is 6.92 Å². The van der Waals surface area contributed by atoms with Gasteiger partial charge in [-0.25, -0.2) is 0 Å². The van der Waals surface area contributed by atoms with Gasteiger partial charge in [0.1, 0.15) is 5.75 Å². The third-order valence-electron chi connectivity index (χ3n) is 3.67. The fourth-order valence-electron chi connectivity index (χ4n) is 2.41. The Morgan fingerprint density at radius 2 is 1.84 bits per heavy atom. The predicted octanol–water partition coefficient (Wildman–Crippen LogP) is 3.61. The van der Waals surface area contributed by atoms with E-state index in [0.717, 1.165) is 5.56 Å². The molecule has 6 heteroatoms. The second-order valence-electron chi connectivity index (χ2n) is 5.94. The van der Waals surface area contributed by atoms with Gasteiger partial charge in [0.25, 0.3) is 11.8 Å². The molecule has 0 radical (unpaired) electrons. The quantitative estimate of drug-likeness (QED) is 0.800. The van der Waals surface area contributed by atoms with Gasteiger partial charge in [0.2, 0.25) is 0 Å². The van der Waals surface area contributed by atoms with Gasteiger partial charge in [0, 0.05) is 0 Å². The molecule has 0 spiro atoms. The van der Waals surface area contributed by atoms with Crippen LogP contribution in [0.5, 0.6) is 5.75 Å². The number of ether oxygens (including phenoxy) is 1. The molecule has 2 amide bonds. The van der Waals surface area contributed by atoms with E-state index >= 15 is 0 Å². The number of halogens is 1. The van der Waals surface area contributed by atoms with Crippen molar-refractivity contribution in [1.82, 2.24) is 10.9 Å². The highest BCUT2D eigenvalue weighted by molar-refractivity contribution is 6.33. The molecule has 0 aromatic heterocycles. The fourth-order valence-corrected chi connectivity index (χ4v) is 2.63. The molecule has 25 heavy (non-hydrogen) atoms. The minimum Gasteiger partial charge on any atom is -0.484 e. The number of aryl methyl sites for hydroxylation is 1. The number of benzene rings is 2. The number of carbonyl (C=O) groups excluding carboxylic acids is 2. The van der Waals surface area contributed by atoms with Crippen LogP contribution in [0.4, 0.5) is 0 Å². The highest BCUT2D eigenvalue weighted by Gasteiger charge is 2.11. The first-order chi connectivity index (χ1) is 11.9. The number of hydrogen-bond donors (Lipinski definition) is 2. The third-order valence-corrected chi connectivity index (χ3v) is 4.00. The minimum absolute atomic E-state index is 0.205. The number of hydrazine groups is 1. The van der Waals surface area contributed by atoms with Gasteiger partial charge < -0.3 is 4.74 Å². The number of rotatable bonds is 5. The summed E-state index contributed by atoms with van der Waals surface area (Å²) >= 11 is 5.93. The van der Waals surface area contributed by atoms with Crippen molar-refractivity contribution >= 4 is 23.4 Å². The van der Waals surface area contributed by atoms with Crippen molar-refractivity contribution in [2.45, 2.75) is 26.7 Å². The van der Waals surface area contributed by atoms with Gasteiger partial charge in [-0.05, 0) is 48.2 Å². The molecule has 0 heterocycles. The van der Waals surface area contributed by atoms with Crippen LogP contribution in [0.15, 0.2) is 42.5 Å². The molecule has 0 bridgehead atoms. The highest BCUT2D eigenvalue weighted by atomic mass is 35.5. The Morgan fingerprint density at radius 1 is 1.12 bits per heavy atom. The summed E-state index contributed by atoms with van der Waals surface area (Å²) in [6.07, 6.45) is 0. The normalized spacial score (nSPS) is 10.4. The fraction of sp³-hybridized carbons (Fsp3) is 0.263. The number of nitrogens with one attached hydrogen (secondary N) is 2. The monoisotopic (exact) mass is 360 g/mol. The number of hydrogen-bond acceptors (Lipinski definition) is 3. The molecule has 0 aliphatic carbocycles. The van der Waals surface area contributed by atoms with Crippen molar-refractivity contribution in [2.24, 2.45) is 0 Å². The second-order valence-corrected chi connectivity index (χ2v) is 6.35. The van der Waals surface area contributed by atoms with Gasteiger partial charge in [-0.2, -0.15) is 0 Å². The second kappa shape index (κ2) is 8.53. The molecule has 0 aliphatic rings. The molecule has 0 fully saturated rings. The molecule has 2 aromatic rings. The van der Waals surface area contributed by atoms with Crippen molar-refractivity contribution in [3.8, 4) is 5.75 Å². The Balaban J connectivity index is 1.84. The summed E-state index contributed by atoms with van der Waals surface area (Å²) in [6.45, 7) is 6.05. The van der Waals surface area contributed by atoms with Crippen LogP contribution in [0.2, 0.25) is 5.02 Å². The lowest BCUT2D eigenvalue weighted by Crippen LogP contribution is -2.43. The summed E-state index contributed by atoms with van der Waals surface area (Å²) in [5.74, 6) is 0.0777. The Hall–Kier alpha value is -2.53. The van der Waals surface area contributed by atoms with Gasteiger partial charge in [-0.1, -0.05) is 43.6 Å². The van der Waals surface area contributed by atoms with E-state index in [-0.39, 0.29) is 12.2 Å². The molecule has 0 saturated heterocycles. The summed E-state index contributed by atoms with van der Waals surface area (Å²) in [4.78, 5) is 23.8. The van der Waals surface area contributed by atoms with E-state index < -0.39 is 11.8 Å². The van der Waals surface area contributed by atoms with Crippen LogP contribution in [-0.2, 0) is 4.79 Å². The van der Waals surface area contributed by atoms with Crippen LogP contribution in [0.25, 0.3) is 0 Å². The Kier molecular flexibility index (Phi) is 6.42. The van der Waals surface area contributed by atoms with Gasteiger partial charge in [0.15, 0.2) is 6.61 Å². The van der Waals surface area contributed by atoms with E-state index in [1.807, 2.05) is 25.1 Å². The van der Waals surface area contributed by atoms with E-state index in [2.05, 4.69) is 24.7 Å². The average molecular weight is 361 g/mol. The topological polar surface area (TPSA) is 67.4 Å². The zero-order valence-corrected chi connectivity index (χ0v) is 15.2. The maximum absolute atomic E-state index is 11.9. The summed E-state index contributed by atoms with van der Waals surface area (Å²) in [5, 5.41) is 0.311. The third kappa shape index (κ3) is 5.22. The lowest BCUT2D eigenvalue weighted by molar-refractivity contribution is -0.123. The molecule has 0 saturated carbocycles. The van der Waals surface area contributed by atoms with Crippen molar-refractivity contribution in [2.75, 3.05) is 6.61 Å². The maximum atomic E-state index is 11.9. The van der Waals surface area contributed by atoms with Gasteiger partial charge >= 0.3 is 0 Å². The summed E-state index contributed by atoms with van der Waals surface area (Å²) in [7, 11) is 0. The summed E-state index contributed by atoms with van der Waals surface area (Å²) < 4.78 is 5.46. The van der Waals surface area contributed by atoms with Crippen LogP contribution >= 0.6 is 11.6 Å². The highest BCUT2D eigenvalue weighted by Crippen LogP contribution is 2.23. The molecule has 132 valence electrons. The van der Waals surface area contributed by atoms with Crippen molar-refractivity contribution in [1.29, 1.82) is 0 Å². The first-order valence-corrected chi connectivity index (χ1v) is 8.33. The minimum atomic E-state index is -0.490. The SMILES string of the molecule is Cc1cc(OCC(=O)NNC(=O)c2ccccc2Cl)ccc1C(C)C. The smallest absolute Gasteiger partial charge is 0.276 e. The predicted molar refractivity (Wildman–Crippen MR) is 97.8 cm³/mol. The molecular weight excluding hydrogens is 340 g/mol. The van der Waals surface area contributed by atoms with Gasteiger partial charge in [-0.15, -0.1) is 0 Å². The van der Waals surface area contributed by atoms with Crippen LogP contribution in [0.3, 0.4) is 0 Å². The summed E-state index contributed by atoms with van der Waals surface area (Å²) in [6, 6.07) is 12.3. The number of carbonyl (C=O) groups is 2. The van der Waals surface area contributed by atoms with Crippen molar-refractivity contribution < 1.29 is 14.3 Å². The van der Waals surface area contributed by atoms with E-state index in [0.29, 0.717) is 16.7 Å². The van der Waals surface area contributed by atoms with Crippen LogP contribution in [0.1, 0.15) is 41.3 Å². The first-order valence-electron chi connectivity index (χ1n) is 7.95. The zero-order chi connectivity index (χ0) is 18.4. The zero-order valence-electron chi connectivity index (χ0n) is 14.4. The van der Waals surface area contributed by atoms with Crippen LogP contribution in [-0.4, -0.2) is 18.4 Å². The molecule has 5 nitrogen and oxygen atoms in total. The van der Waals surface area contributed by atoms with E-state index in [9.17, 15) is 9.59 Å². The molecule has 2 aromatic carbocycles. The lowest BCUT2D eigenvalue weighted by atomic mass is 9.98. The van der Waals surface area contributed by atoms with Gasteiger partial charge in [-0.3, -0.25) is 20.4 Å². The molecule has 2 rings (SSSR count). The Bertz CT molecular complexity index is 775. The van der Waals surface area contributed by atoms with E-state index in [1.165, 1.54) is 5.56 Å². The Morgan fingerprint density at radius 3 is 2.48 bits per heavy atom. The van der Waals surface area contributed by atoms with E-state index in [1.54, 1.807) is 24.3 Å². The molecular formula is C19H21ClN2O3. The lowest BCUT2D eigenvalue weighted by Gasteiger charge is -2.13. The molecule has 0 atom stereocenters. The molecule has 2 N–H and O–H groups in total. The summed E-state index contributed by atoms with van der Waals surface area (Å²) in [5.41, 5.74) is 7.24. The van der Waals surface area contributed by atoms with Crippen molar-refractivity contribution in [3.05, 3.63) is 64.2 Å². The molecule has 0 unspecified atom stereocenters. The largest absolute Gasteiger partial charge is 0.484 e. The van der Waals surface area contributed by atoms with Gasteiger partial charge in [0.05, 0.1) is 10.6 Å². The standard InChI is InChI=1S/C19H21ClN2O3/c1-12(2)15-9-8-14(10-13(15)3)25-11-18(23)21-22-19(24)16-6-4-5-7-17(16)20/h4-10,12H,11H2,1-3H3,(H,21,23)(H,22,24). The van der Waals surface area contributed by atoms with Crippen LogP contribution < -0.4 is 15.6 Å². The number of amides is 2. The maximum Gasteiger partial charge on any atom is 0.276 e. The average Bonchev–Trinajstić information content (AvgIpc) is 2.58. The molecule has 0 aliphatic heterocycles. The first kappa shape index (κ1) is 18.8. The van der Waals surface area contributed by atoms with Crippen molar-refractivity contribution in [3.63, 3.8) is 0 Å². The Labute approximate surface area is 152 Å². The van der Waals surface area contributed by atoms with E-state index in [4.69, 9.17) is 16.3 Å².